The summed E-state index contributed by atoms with van der Waals surface area (Å²) in [5.41, 5.74) is 1.73. The minimum absolute atomic E-state index is 0.0336. The van der Waals surface area contributed by atoms with Gasteiger partial charge in [0.1, 0.15) is 11.5 Å². The Labute approximate surface area is 75.9 Å². The molecule has 0 amide bonds. The summed E-state index contributed by atoms with van der Waals surface area (Å²) >= 11 is 0. The Morgan fingerprint density at radius 2 is 2.31 bits per heavy atom. The molecule has 0 unspecified atom stereocenters. The van der Waals surface area contributed by atoms with Gasteiger partial charge in [-0.3, -0.25) is 0 Å². The molecule has 13 heavy (non-hydrogen) atoms. The second kappa shape index (κ2) is 2.81. The third-order valence-electron chi connectivity index (χ3n) is 2.15. The average molecular weight is 177 g/mol. The fraction of sp³-hybridized carbons (Fsp3) is 0.333. The Balaban J connectivity index is 2.77. The van der Waals surface area contributed by atoms with Crippen molar-refractivity contribution in [1.29, 1.82) is 0 Å². The lowest BCUT2D eigenvalue weighted by molar-refractivity contribution is 0.273. The van der Waals surface area contributed by atoms with Crippen LogP contribution in [0, 0.1) is 6.92 Å². The highest BCUT2D eigenvalue weighted by atomic mass is 16.3. The number of rotatable bonds is 1. The van der Waals surface area contributed by atoms with E-state index in [0.29, 0.717) is 0 Å². The molecule has 2 aromatic rings. The Kier molecular flexibility index (Phi) is 1.77. The van der Waals surface area contributed by atoms with Gasteiger partial charge in [-0.05, 0) is 13.0 Å². The van der Waals surface area contributed by atoms with E-state index in [0.717, 1.165) is 22.6 Å². The van der Waals surface area contributed by atoms with Gasteiger partial charge in [0.2, 0.25) is 0 Å². The number of aliphatic hydroxyl groups is 1. The molecule has 68 valence electrons. The lowest BCUT2D eigenvalue weighted by Gasteiger charge is -1.99. The first kappa shape index (κ1) is 8.19. The number of aromatic nitrogens is 3. The number of hydrogen-bond acceptors (Lipinski definition) is 3. The first-order valence-electron chi connectivity index (χ1n) is 4.11. The van der Waals surface area contributed by atoms with Crippen molar-refractivity contribution in [3.05, 3.63) is 23.8 Å². The molecular formula is C9H11N3O. The minimum atomic E-state index is 0.0336. The fourth-order valence-electron chi connectivity index (χ4n) is 1.40. The van der Waals surface area contributed by atoms with E-state index in [2.05, 4.69) is 9.97 Å². The molecule has 2 heterocycles. The molecule has 0 bridgehead atoms. The highest BCUT2D eigenvalue weighted by Gasteiger charge is 2.05. The van der Waals surface area contributed by atoms with E-state index in [4.69, 9.17) is 5.11 Å². The van der Waals surface area contributed by atoms with E-state index in [-0.39, 0.29) is 6.61 Å². The van der Waals surface area contributed by atoms with Gasteiger partial charge >= 0.3 is 0 Å². The molecule has 0 saturated carbocycles. The molecule has 0 atom stereocenters. The van der Waals surface area contributed by atoms with E-state index in [1.54, 1.807) is 6.20 Å². The zero-order valence-corrected chi connectivity index (χ0v) is 7.65. The van der Waals surface area contributed by atoms with Crippen molar-refractivity contribution in [1.82, 2.24) is 14.5 Å². The van der Waals surface area contributed by atoms with Gasteiger partial charge in [-0.1, -0.05) is 0 Å². The lowest BCUT2D eigenvalue weighted by Crippen LogP contribution is -1.97. The van der Waals surface area contributed by atoms with E-state index >= 15 is 0 Å². The molecule has 4 nitrogen and oxygen atoms in total. The molecule has 0 aliphatic carbocycles. The van der Waals surface area contributed by atoms with Crippen molar-refractivity contribution in [2.75, 3.05) is 0 Å². The molecule has 2 rings (SSSR count). The lowest BCUT2D eigenvalue weighted by atomic mass is 10.4. The maximum atomic E-state index is 9.02. The second-order valence-corrected chi connectivity index (χ2v) is 3.05. The summed E-state index contributed by atoms with van der Waals surface area (Å²) in [5.74, 6) is 0.748. The summed E-state index contributed by atoms with van der Waals surface area (Å²) in [6.07, 6.45) is 1.77. The minimum Gasteiger partial charge on any atom is -0.390 e. The normalized spacial score (nSPS) is 11.0. The maximum absolute atomic E-state index is 9.02. The van der Waals surface area contributed by atoms with E-state index in [9.17, 15) is 0 Å². The molecule has 0 aliphatic heterocycles. The maximum Gasteiger partial charge on any atom is 0.143 e. The smallest absolute Gasteiger partial charge is 0.143 e. The molecule has 0 aliphatic rings. The Morgan fingerprint density at radius 1 is 1.54 bits per heavy atom. The van der Waals surface area contributed by atoms with Gasteiger partial charge in [-0.25, -0.2) is 9.97 Å². The molecule has 0 radical (unpaired) electrons. The van der Waals surface area contributed by atoms with Gasteiger partial charge in [0, 0.05) is 24.3 Å². The molecule has 0 fully saturated rings. The fourth-order valence-corrected chi connectivity index (χ4v) is 1.40. The van der Waals surface area contributed by atoms with Crippen LogP contribution in [0.4, 0.5) is 0 Å². The van der Waals surface area contributed by atoms with Gasteiger partial charge in [-0.2, -0.15) is 0 Å². The number of aliphatic hydroxyl groups excluding tert-OH is 1. The van der Waals surface area contributed by atoms with Crippen LogP contribution in [-0.4, -0.2) is 19.6 Å². The molecule has 0 saturated heterocycles. The monoisotopic (exact) mass is 177 g/mol. The molecule has 1 N–H and O–H groups in total. The van der Waals surface area contributed by atoms with Crippen LogP contribution >= 0.6 is 0 Å². The van der Waals surface area contributed by atoms with Crippen LogP contribution in [0.3, 0.4) is 0 Å². The topological polar surface area (TPSA) is 50.9 Å². The zero-order chi connectivity index (χ0) is 9.42. The van der Waals surface area contributed by atoms with Crippen molar-refractivity contribution in [2.45, 2.75) is 13.5 Å². The van der Waals surface area contributed by atoms with E-state index in [1.807, 2.05) is 24.6 Å². The van der Waals surface area contributed by atoms with Crippen LogP contribution in [0.2, 0.25) is 0 Å². The first-order valence-corrected chi connectivity index (χ1v) is 4.11. The second-order valence-electron chi connectivity index (χ2n) is 3.05. The van der Waals surface area contributed by atoms with Gasteiger partial charge in [-0.15, -0.1) is 0 Å². The third-order valence-corrected chi connectivity index (χ3v) is 2.15. The zero-order valence-electron chi connectivity index (χ0n) is 7.65. The van der Waals surface area contributed by atoms with Crippen LogP contribution in [0.5, 0.6) is 0 Å². The van der Waals surface area contributed by atoms with Gasteiger partial charge < -0.3 is 9.67 Å². The van der Waals surface area contributed by atoms with Crippen LogP contribution in [0.15, 0.2) is 12.3 Å². The van der Waals surface area contributed by atoms with Crippen LogP contribution in [0.25, 0.3) is 11.0 Å². The summed E-state index contributed by atoms with van der Waals surface area (Å²) < 4.78 is 1.88. The molecule has 4 heteroatoms. The standard InChI is InChI=1S/C9H11N3O/c1-6-10-4-7-3-8(5-13)12(2)9(7)11-6/h3-4,13H,5H2,1-2H3. The number of aryl methyl sites for hydroxylation is 2. The number of nitrogens with zero attached hydrogens (tertiary/aromatic N) is 3. The summed E-state index contributed by atoms with van der Waals surface area (Å²) in [5, 5.41) is 9.99. The van der Waals surface area contributed by atoms with Crippen LogP contribution < -0.4 is 0 Å². The molecule has 2 aromatic heterocycles. The van der Waals surface area contributed by atoms with Crippen molar-refractivity contribution >= 4 is 11.0 Å². The van der Waals surface area contributed by atoms with Crippen molar-refractivity contribution in [3.8, 4) is 0 Å². The van der Waals surface area contributed by atoms with Crippen molar-refractivity contribution in [3.63, 3.8) is 0 Å². The largest absolute Gasteiger partial charge is 0.390 e. The molecule has 0 aromatic carbocycles. The molecular weight excluding hydrogens is 166 g/mol. The van der Waals surface area contributed by atoms with E-state index < -0.39 is 0 Å². The SMILES string of the molecule is Cc1ncc2cc(CO)n(C)c2n1. The summed E-state index contributed by atoms with van der Waals surface area (Å²) in [7, 11) is 1.89. The highest BCUT2D eigenvalue weighted by molar-refractivity contribution is 5.76. The van der Waals surface area contributed by atoms with Gasteiger partial charge in [0.05, 0.1) is 6.61 Å². The summed E-state index contributed by atoms with van der Waals surface area (Å²) in [6.45, 7) is 1.89. The third kappa shape index (κ3) is 1.19. The van der Waals surface area contributed by atoms with E-state index in [1.165, 1.54) is 0 Å². The predicted octanol–water partition coefficient (Wildman–Crippen LogP) is 0.769. The summed E-state index contributed by atoms with van der Waals surface area (Å²) in [6, 6.07) is 1.90. The highest BCUT2D eigenvalue weighted by Crippen LogP contribution is 2.15. The van der Waals surface area contributed by atoms with Gasteiger partial charge in [0.25, 0.3) is 0 Å². The Hall–Kier alpha value is -1.42. The molecule has 0 spiro atoms. The Bertz CT molecular complexity index is 447. The average Bonchev–Trinajstić information content (AvgIpc) is 2.44. The Morgan fingerprint density at radius 3 is 3.00 bits per heavy atom. The van der Waals surface area contributed by atoms with Crippen LogP contribution in [0.1, 0.15) is 11.5 Å². The number of hydrogen-bond donors (Lipinski definition) is 1. The van der Waals surface area contributed by atoms with Gasteiger partial charge in [0.15, 0.2) is 0 Å². The number of fused-ring (bicyclic) bond motifs is 1. The van der Waals surface area contributed by atoms with Crippen molar-refractivity contribution < 1.29 is 5.11 Å². The van der Waals surface area contributed by atoms with Crippen molar-refractivity contribution in [2.24, 2.45) is 7.05 Å². The summed E-state index contributed by atoms with van der Waals surface area (Å²) in [4.78, 5) is 8.37. The first-order chi connectivity index (χ1) is 6.22. The quantitative estimate of drug-likeness (QED) is 0.700. The van der Waals surface area contributed by atoms with Crippen LogP contribution in [-0.2, 0) is 13.7 Å². The predicted molar refractivity (Wildman–Crippen MR) is 49.2 cm³/mol.